The zero-order valence-electron chi connectivity index (χ0n) is 20.9. The SMILES string of the molecule is CC(C)N(C)[C@@H]1CC[C@H](NC(=O)CNC(=O)c2cccc(C(F)(F)F)c2)[C@@H](CS(=O)(=O)C(C)C)C1. The quantitative estimate of drug-likeness (QED) is 0.522. The van der Waals surface area contributed by atoms with Crippen LogP contribution in [0.2, 0.25) is 0 Å². The topological polar surface area (TPSA) is 95.6 Å². The van der Waals surface area contributed by atoms with Gasteiger partial charge < -0.3 is 15.5 Å². The molecule has 1 aromatic carbocycles. The van der Waals surface area contributed by atoms with Crippen molar-refractivity contribution in [2.45, 2.75) is 76.5 Å². The van der Waals surface area contributed by atoms with Gasteiger partial charge in [-0.05, 0) is 78.1 Å². The van der Waals surface area contributed by atoms with Crippen LogP contribution >= 0.6 is 0 Å². The summed E-state index contributed by atoms with van der Waals surface area (Å²) in [5.41, 5.74) is -1.15. The van der Waals surface area contributed by atoms with Crippen molar-refractivity contribution in [3.63, 3.8) is 0 Å². The van der Waals surface area contributed by atoms with E-state index in [1.165, 1.54) is 6.07 Å². The van der Waals surface area contributed by atoms with Crippen molar-refractivity contribution in [2.24, 2.45) is 5.92 Å². The summed E-state index contributed by atoms with van der Waals surface area (Å²) >= 11 is 0. The summed E-state index contributed by atoms with van der Waals surface area (Å²) in [6.07, 6.45) is -2.59. The van der Waals surface area contributed by atoms with E-state index >= 15 is 0 Å². The number of sulfone groups is 1. The maximum absolute atomic E-state index is 12.9. The van der Waals surface area contributed by atoms with Gasteiger partial charge in [-0.25, -0.2) is 8.42 Å². The van der Waals surface area contributed by atoms with E-state index in [0.29, 0.717) is 18.9 Å². The molecule has 7 nitrogen and oxygen atoms in total. The van der Waals surface area contributed by atoms with Gasteiger partial charge in [0.2, 0.25) is 5.91 Å². The molecule has 2 rings (SSSR count). The van der Waals surface area contributed by atoms with Crippen LogP contribution in [0.5, 0.6) is 0 Å². The van der Waals surface area contributed by atoms with Gasteiger partial charge in [0.15, 0.2) is 9.84 Å². The van der Waals surface area contributed by atoms with Crippen LogP contribution in [0.25, 0.3) is 0 Å². The van der Waals surface area contributed by atoms with E-state index in [1.807, 2.05) is 7.05 Å². The van der Waals surface area contributed by atoms with Gasteiger partial charge in [-0.15, -0.1) is 0 Å². The van der Waals surface area contributed by atoms with Crippen molar-refractivity contribution in [2.75, 3.05) is 19.3 Å². The van der Waals surface area contributed by atoms with Gasteiger partial charge >= 0.3 is 6.18 Å². The third-order valence-corrected chi connectivity index (χ3v) is 9.05. The van der Waals surface area contributed by atoms with E-state index < -0.39 is 45.2 Å². The fraction of sp³-hybridized carbons (Fsp3) is 0.667. The van der Waals surface area contributed by atoms with Crippen LogP contribution in [0.1, 0.15) is 62.9 Å². The Morgan fingerprint density at radius 2 is 1.80 bits per heavy atom. The number of carbonyl (C=O) groups excluding carboxylic acids is 2. The third-order valence-electron chi connectivity index (χ3n) is 6.72. The number of amides is 2. The Labute approximate surface area is 205 Å². The molecule has 0 heterocycles. The highest BCUT2D eigenvalue weighted by Crippen LogP contribution is 2.31. The van der Waals surface area contributed by atoms with Gasteiger partial charge in [0.25, 0.3) is 5.91 Å². The third kappa shape index (κ3) is 8.20. The molecule has 1 aliphatic rings. The van der Waals surface area contributed by atoms with Gasteiger partial charge in [0.05, 0.1) is 23.1 Å². The Kier molecular flexibility index (Phi) is 9.75. The van der Waals surface area contributed by atoms with Gasteiger partial charge in [0.1, 0.15) is 0 Å². The van der Waals surface area contributed by atoms with Crippen LogP contribution in [-0.2, 0) is 20.8 Å². The number of carbonyl (C=O) groups is 2. The van der Waals surface area contributed by atoms with E-state index in [9.17, 15) is 31.2 Å². The fourth-order valence-corrected chi connectivity index (χ4v) is 5.60. The second-order valence-corrected chi connectivity index (χ2v) is 12.4. The Hall–Kier alpha value is -2.14. The first-order valence-electron chi connectivity index (χ1n) is 11.8. The molecule has 1 aliphatic carbocycles. The van der Waals surface area contributed by atoms with Crippen LogP contribution in [-0.4, -0.2) is 67.9 Å². The molecule has 1 aromatic rings. The van der Waals surface area contributed by atoms with E-state index in [2.05, 4.69) is 29.4 Å². The molecule has 1 fully saturated rings. The van der Waals surface area contributed by atoms with Crippen molar-refractivity contribution in [3.8, 4) is 0 Å². The molecule has 0 aliphatic heterocycles. The number of hydrogen-bond acceptors (Lipinski definition) is 5. The number of rotatable bonds is 9. The van der Waals surface area contributed by atoms with Gasteiger partial charge in [-0.2, -0.15) is 13.2 Å². The molecule has 2 N–H and O–H groups in total. The van der Waals surface area contributed by atoms with E-state index in [-0.39, 0.29) is 29.3 Å². The highest BCUT2D eigenvalue weighted by Gasteiger charge is 2.37. The number of halogens is 3. The van der Waals surface area contributed by atoms with Crippen LogP contribution in [0, 0.1) is 5.92 Å². The van der Waals surface area contributed by atoms with Crippen molar-refractivity contribution in [1.29, 1.82) is 0 Å². The molecule has 35 heavy (non-hydrogen) atoms. The van der Waals surface area contributed by atoms with E-state index in [0.717, 1.165) is 24.6 Å². The molecule has 0 aromatic heterocycles. The summed E-state index contributed by atoms with van der Waals surface area (Å²) in [6, 6.07) is 4.06. The van der Waals surface area contributed by atoms with Crippen LogP contribution in [0.4, 0.5) is 13.2 Å². The minimum Gasteiger partial charge on any atom is -0.352 e. The van der Waals surface area contributed by atoms with Crippen molar-refractivity contribution >= 4 is 21.7 Å². The lowest BCUT2D eigenvalue weighted by molar-refractivity contribution is -0.137. The Bertz CT molecular complexity index is 996. The van der Waals surface area contributed by atoms with Gasteiger partial charge in [0, 0.05) is 23.7 Å². The first-order chi connectivity index (χ1) is 16.1. The lowest BCUT2D eigenvalue weighted by Gasteiger charge is -2.41. The second-order valence-electron chi connectivity index (χ2n) is 9.80. The smallest absolute Gasteiger partial charge is 0.352 e. The predicted octanol–water partition coefficient (Wildman–Crippen LogP) is 3.25. The number of nitrogens with zero attached hydrogens (tertiary/aromatic N) is 1. The summed E-state index contributed by atoms with van der Waals surface area (Å²) in [4.78, 5) is 27.1. The first kappa shape index (κ1) is 29.1. The molecule has 0 spiro atoms. The fourth-order valence-electron chi connectivity index (χ4n) is 4.25. The van der Waals surface area contributed by atoms with Gasteiger partial charge in [-0.1, -0.05) is 6.07 Å². The monoisotopic (exact) mass is 519 g/mol. The molecular formula is C24H36F3N3O4S. The normalized spacial score (nSPS) is 21.4. The van der Waals surface area contributed by atoms with Crippen LogP contribution in [0.15, 0.2) is 24.3 Å². The standard InChI is InChI=1S/C24H36F3N3O4S/c1-15(2)30(5)20-9-10-21(18(12-20)14-35(33,34)16(3)4)29-22(31)13-28-23(32)17-7-6-8-19(11-17)24(25,26)27/h6-8,11,15-16,18,20-21H,9-10,12-14H2,1-5H3,(H,28,32)(H,29,31)/t18-,20-,21+/m1/s1. The van der Waals surface area contributed by atoms with Crippen molar-refractivity contribution in [1.82, 2.24) is 15.5 Å². The Morgan fingerprint density at radius 3 is 2.37 bits per heavy atom. The lowest BCUT2D eigenvalue weighted by atomic mass is 9.81. The zero-order valence-corrected chi connectivity index (χ0v) is 21.7. The largest absolute Gasteiger partial charge is 0.416 e. The molecule has 0 bridgehead atoms. The Morgan fingerprint density at radius 1 is 1.14 bits per heavy atom. The summed E-state index contributed by atoms with van der Waals surface area (Å²) < 4.78 is 64.0. The number of alkyl halides is 3. The first-order valence-corrected chi connectivity index (χ1v) is 13.5. The lowest BCUT2D eigenvalue weighted by Crippen LogP contribution is -2.52. The maximum atomic E-state index is 12.9. The molecule has 0 radical (unpaired) electrons. The molecule has 0 saturated heterocycles. The average molecular weight is 520 g/mol. The van der Waals surface area contributed by atoms with Crippen molar-refractivity contribution < 1.29 is 31.2 Å². The molecule has 2 amide bonds. The minimum atomic E-state index is -4.58. The number of hydrogen-bond donors (Lipinski definition) is 2. The average Bonchev–Trinajstić information content (AvgIpc) is 2.77. The number of nitrogens with one attached hydrogen (secondary N) is 2. The molecule has 198 valence electrons. The van der Waals surface area contributed by atoms with E-state index in [1.54, 1.807) is 13.8 Å². The summed E-state index contributed by atoms with van der Waals surface area (Å²) in [7, 11) is -1.34. The maximum Gasteiger partial charge on any atom is 0.416 e. The molecular weight excluding hydrogens is 483 g/mol. The Balaban J connectivity index is 2.04. The predicted molar refractivity (Wildman–Crippen MR) is 129 cm³/mol. The van der Waals surface area contributed by atoms with Gasteiger partial charge in [-0.3, -0.25) is 9.59 Å². The second kappa shape index (κ2) is 11.7. The minimum absolute atomic E-state index is 0.0470. The molecule has 11 heteroatoms. The van der Waals surface area contributed by atoms with Crippen molar-refractivity contribution in [3.05, 3.63) is 35.4 Å². The summed E-state index contributed by atoms with van der Waals surface area (Å²) in [5, 5.41) is 4.66. The highest BCUT2D eigenvalue weighted by atomic mass is 32.2. The highest BCUT2D eigenvalue weighted by molar-refractivity contribution is 7.91. The van der Waals surface area contributed by atoms with Crippen LogP contribution in [0.3, 0.4) is 0 Å². The zero-order chi connectivity index (χ0) is 26.6. The summed E-state index contributed by atoms with van der Waals surface area (Å²) in [5.74, 6) is -1.65. The molecule has 0 unspecified atom stereocenters. The molecule has 1 saturated carbocycles. The molecule has 3 atom stereocenters. The van der Waals surface area contributed by atoms with E-state index in [4.69, 9.17) is 0 Å². The summed E-state index contributed by atoms with van der Waals surface area (Å²) in [6.45, 7) is 6.98. The number of benzene rings is 1. The van der Waals surface area contributed by atoms with Crippen LogP contribution < -0.4 is 10.6 Å².